The second-order valence-electron chi connectivity index (χ2n) is 7.59. The fourth-order valence-electron chi connectivity index (χ4n) is 4.34. The zero-order chi connectivity index (χ0) is 18.4. The minimum Gasteiger partial charge on any atom is -0.0616 e. The molecule has 0 heterocycles. The summed E-state index contributed by atoms with van der Waals surface area (Å²) in [6, 6.07) is 33.3. The number of fused-ring (bicyclic) bond motifs is 4. The van der Waals surface area contributed by atoms with Crippen molar-refractivity contribution in [1.29, 1.82) is 0 Å². The molecule has 5 aromatic rings. The van der Waals surface area contributed by atoms with Gasteiger partial charge in [-0.2, -0.15) is 0 Å². The normalized spacial score (nSPS) is 11.7. The van der Waals surface area contributed by atoms with Gasteiger partial charge in [-0.3, -0.25) is 0 Å². The van der Waals surface area contributed by atoms with Crippen molar-refractivity contribution < 1.29 is 0 Å². The highest BCUT2D eigenvalue weighted by Crippen LogP contribution is 2.38. The summed E-state index contributed by atoms with van der Waals surface area (Å²) in [4.78, 5) is 0. The van der Waals surface area contributed by atoms with Crippen LogP contribution >= 0.6 is 0 Å². The lowest BCUT2D eigenvalue weighted by Crippen LogP contribution is -1.92. The van der Waals surface area contributed by atoms with Crippen LogP contribution in [0.5, 0.6) is 0 Å². The van der Waals surface area contributed by atoms with Gasteiger partial charge in [0.05, 0.1) is 0 Å². The van der Waals surface area contributed by atoms with Gasteiger partial charge in [0.15, 0.2) is 0 Å². The van der Waals surface area contributed by atoms with E-state index in [1.165, 1.54) is 49.0 Å². The Labute approximate surface area is 160 Å². The largest absolute Gasteiger partial charge is 0.0616 e. The predicted octanol–water partition coefficient (Wildman–Crippen LogP) is 7.94. The van der Waals surface area contributed by atoms with Crippen LogP contribution in [-0.2, 0) is 0 Å². The highest BCUT2D eigenvalue weighted by atomic mass is 14.2. The van der Waals surface area contributed by atoms with Gasteiger partial charge in [0, 0.05) is 0 Å². The molecule has 130 valence electrons. The lowest BCUT2D eigenvalue weighted by atomic mass is 9.88. The van der Waals surface area contributed by atoms with E-state index in [1.807, 2.05) is 0 Å². The Hall–Kier alpha value is -3.12. The third-order valence-corrected chi connectivity index (χ3v) is 5.66. The molecule has 0 heteroatoms. The molecule has 0 fully saturated rings. The molecule has 5 aromatic carbocycles. The minimum atomic E-state index is 0.514. The van der Waals surface area contributed by atoms with Crippen LogP contribution in [-0.4, -0.2) is 0 Å². The van der Waals surface area contributed by atoms with Crippen molar-refractivity contribution in [3.05, 3.63) is 96.6 Å². The van der Waals surface area contributed by atoms with Gasteiger partial charge in [-0.1, -0.05) is 105 Å². The molecular formula is C27H22. The van der Waals surface area contributed by atoms with Crippen molar-refractivity contribution in [2.24, 2.45) is 0 Å². The Balaban J connectivity index is 1.87. The van der Waals surface area contributed by atoms with Crippen LogP contribution in [0.4, 0.5) is 0 Å². The zero-order valence-corrected chi connectivity index (χ0v) is 15.7. The fourth-order valence-corrected chi connectivity index (χ4v) is 4.34. The number of hydrogen-bond acceptors (Lipinski definition) is 0. The Morgan fingerprint density at radius 3 is 1.89 bits per heavy atom. The molecule has 0 nitrogen and oxygen atoms in total. The second kappa shape index (κ2) is 6.25. The number of benzene rings is 5. The molecular weight excluding hydrogens is 324 g/mol. The van der Waals surface area contributed by atoms with Crippen molar-refractivity contribution in [1.82, 2.24) is 0 Å². The minimum absolute atomic E-state index is 0.514. The van der Waals surface area contributed by atoms with E-state index in [2.05, 4.69) is 105 Å². The molecule has 0 radical (unpaired) electrons. The average Bonchev–Trinajstić information content (AvgIpc) is 2.72. The first kappa shape index (κ1) is 16.1. The third-order valence-electron chi connectivity index (χ3n) is 5.66. The third kappa shape index (κ3) is 2.52. The topological polar surface area (TPSA) is 0 Å². The van der Waals surface area contributed by atoms with Crippen molar-refractivity contribution in [3.8, 4) is 11.1 Å². The molecule has 0 atom stereocenters. The maximum absolute atomic E-state index is 2.31. The molecule has 0 aliphatic rings. The monoisotopic (exact) mass is 346 g/mol. The molecule has 0 N–H and O–H groups in total. The van der Waals surface area contributed by atoms with Gasteiger partial charge in [-0.05, 0) is 54.9 Å². The van der Waals surface area contributed by atoms with Gasteiger partial charge < -0.3 is 0 Å². The molecule has 0 aliphatic carbocycles. The van der Waals surface area contributed by atoms with Gasteiger partial charge >= 0.3 is 0 Å². The summed E-state index contributed by atoms with van der Waals surface area (Å²) < 4.78 is 0. The standard InChI is InChI=1S/C27H22/c1-18(2)20-16-17-27(24-11-6-5-10-22(20)24)25-13-7-12-23-21-9-4-3-8-19(21)14-15-26(23)25/h3-18H,1-2H3. The SMILES string of the molecule is CC(C)c1ccc(-c2cccc3c2ccc2ccccc23)c2ccccc12. The van der Waals surface area contributed by atoms with Crippen LogP contribution < -0.4 is 0 Å². The first-order valence-corrected chi connectivity index (χ1v) is 9.66. The quantitative estimate of drug-likeness (QED) is 0.285. The van der Waals surface area contributed by atoms with E-state index in [9.17, 15) is 0 Å². The number of hydrogen-bond donors (Lipinski definition) is 0. The van der Waals surface area contributed by atoms with Crippen LogP contribution in [0.2, 0.25) is 0 Å². The van der Waals surface area contributed by atoms with Gasteiger partial charge in [-0.15, -0.1) is 0 Å². The van der Waals surface area contributed by atoms with E-state index < -0.39 is 0 Å². The molecule has 0 amide bonds. The molecule has 0 aliphatic heterocycles. The van der Waals surface area contributed by atoms with Crippen LogP contribution in [0.25, 0.3) is 43.4 Å². The van der Waals surface area contributed by atoms with Crippen LogP contribution in [0.15, 0.2) is 91.0 Å². The van der Waals surface area contributed by atoms with Crippen LogP contribution in [0, 0.1) is 0 Å². The maximum Gasteiger partial charge on any atom is -0.00987 e. The summed E-state index contributed by atoms with van der Waals surface area (Å²) >= 11 is 0. The second-order valence-corrected chi connectivity index (χ2v) is 7.59. The summed E-state index contributed by atoms with van der Waals surface area (Å²) in [5, 5.41) is 7.95. The van der Waals surface area contributed by atoms with E-state index in [-0.39, 0.29) is 0 Å². The zero-order valence-electron chi connectivity index (χ0n) is 15.7. The summed E-state index contributed by atoms with van der Waals surface area (Å²) in [6.45, 7) is 4.54. The van der Waals surface area contributed by atoms with Gasteiger partial charge in [-0.25, -0.2) is 0 Å². The van der Waals surface area contributed by atoms with E-state index in [0.717, 1.165) is 0 Å². The molecule has 0 saturated carbocycles. The van der Waals surface area contributed by atoms with Crippen molar-refractivity contribution >= 4 is 32.3 Å². The Morgan fingerprint density at radius 2 is 1.07 bits per heavy atom. The molecule has 0 bridgehead atoms. The van der Waals surface area contributed by atoms with E-state index >= 15 is 0 Å². The molecule has 0 spiro atoms. The van der Waals surface area contributed by atoms with Crippen LogP contribution in [0.3, 0.4) is 0 Å². The lowest BCUT2D eigenvalue weighted by molar-refractivity contribution is 0.876. The molecule has 0 saturated heterocycles. The van der Waals surface area contributed by atoms with Crippen molar-refractivity contribution in [2.45, 2.75) is 19.8 Å². The number of rotatable bonds is 2. The Bertz CT molecular complexity index is 1290. The average molecular weight is 346 g/mol. The summed E-state index contributed by atoms with van der Waals surface area (Å²) in [5.74, 6) is 0.514. The molecule has 27 heavy (non-hydrogen) atoms. The van der Waals surface area contributed by atoms with Crippen LogP contribution in [0.1, 0.15) is 25.3 Å². The van der Waals surface area contributed by atoms with E-state index in [1.54, 1.807) is 0 Å². The van der Waals surface area contributed by atoms with E-state index in [0.29, 0.717) is 5.92 Å². The first-order valence-electron chi connectivity index (χ1n) is 9.66. The Kier molecular flexibility index (Phi) is 3.72. The van der Waals surface area contributed by atoms with Gasteiger partial charge in [0.1, 0.15) is 0 Å². The summed E-state index contributed by atoms with van der Waals surface area (Å²) in [6.07, 6.45) is 0. The highest BCUT2D eigenvalue weighted by molar-refractivity contribution is 6.14. The smallest absolute Gasteiger partial charge is 0.00987 e. The maximum atomic E-state index is 2.31. The Morgan fingerprint density at radius 1 is 0.444 bits per heavy atom. The van der Waals surface area contributed by atoms with E-state index in [4.69, 9.17) is 0 Å². The van der Waals surface area contributed by atoms with Gasteiger partial charge in [0.2, 0.25) is 0 Å². The molecule has 0 aromatic heterocycles. The lowest BCUT2D eigenvalue weighted by Gasteiger charge is -2.16. The highest BCUT2D eigenvalue weighted by Gasteiger charge is 2.12. The van der Waals surface area contributed by atoms with Crippen molar-refractivity contribution in [2.75, 3.05) is 0 Å². The molecule has 0 unspecified atom stereocenters. The first-order chi connectivity index (χ1) is 13.2. The van der Waals surface area contributed by atoms with Crippen molar-refractivity contribution in [3.63, 3.8) is 0 Å². The summed E-state index contributed by atoms with van der Waals surface area (Å²) in [5.41, 5.74) is 4.04. The summed E-state index contributed by atoms with van der Waals surface area (Å²) in [7, 11) is 0. The predicted molar refractivity (Wildman–Crippen MR) is 118 cm³/mol. The fraction of sp³-hybridized carbons (Fsp3) is 0.111. The van der Waals surface area contributed by atoms with Gasteiger partial charge in [0.25, 0.3) is 0 Å². The molecule has 5 rings (SSSR count).